The Morgan fingerprint density at radius 2 is 1.89 bits per heavy atom. The number of ether oxygens (including phenoxy) is 1. The first kappa shape index (κ1) is 15.3. The molecule has 2 fully saturated rings. The van der Waals surface area contributed by atoms with Crippen LogP contribution in [0, 0.1) is 0 Å². The molecular weight excluding hydrogens is 236 g/mol. The minimum absolute atomic E-state index is 0.460. The van der Waals surface area contributed by atoms with Gasteiger partial charge in [-0.2, -0.15) is 0 Å². The van der Waals surface area contributed by atoms with Crippen molar-refractivity contribution in [1.29, 1.82) is 0 Å². The van der Waals surface area contributed by atoms with Gasteiger partial charge in [0.25, 0.3) is 0 Å². The maximum absolute atomic E-state index is 5.12. The van der Waals surface area contributed by atoms with Crippen molar-refractivity contribution in [2.75, 3.05) is 39.9 Å². The normalized spacial score (nSPS) is 24.5. The first-order chi connectivity index (χ1) is 9.35. The predicted molar refractivity (Wildman–Crippen MR) is 80.6 cm³/mol. The van der Waals surface area contributed by atoms with E-state index in [-0.39, 0.29) is 0 Å². The average Bonchev–Trinajstić information content (AvgIpc) is 2.62. The maximum atomic E-state index is 5.12. The Bertz CT molecular complexity index is 239. The summed E-state index contributed by atoms with van der Waals surface area (Å²) in [5.41, 5.74) is 0.460. The maximum Gasteiger partial charge on any atom is 0.0462 e. The highest BCUT2D eigenvalue weighted by Gasteiger charge is 2.34. The van der Waals surface area contributed by atoms with E-state index in [1.54, 1.807) is 7.11 Å². The van der Waals surface area contributed by atoms with Crippen LogP contribution in [-0.2, 0) is 4.74 Å². The molecule has 0 unspecified atom stereocenters. The van der Waals surface area contributed by atoms with E-state index >= 15 is 0 Å². The van der Waals surface area contributed by atoms with E-state index in [0.29, 0.717) is 5.54 Å². The van der Waals surface area contributed by atoms with Crippen LogP contribution in [0.15, 0.2) is 0 Å². The lowest BCUT2D eigenvalue weighted by Gasteiger charge is -2.40. The molecule has 1 aliphatic heterocycles. The molecule has 1 saturated heterocycles. The van der Waals surface area contributed by atoms with Crippen LogP contribution >= 0.6 is 0 Å². The molecule has 0 aromatic carbocycles. The van der Waals surface area contributed by atoms with Crippen molar-refractivity contribution in [3.05, 3.63) is 0 Å². The number of hydrogen-bond donors (Lipinski definition) is 1. The molecule has 2 rings (SSSR count). The highest BCUT2D eigenvalue weighted by molar-refractivity contribution is 4.95. The number of nitrogens with zero attached hydrogens (tertiary/aromatic N) is 1. The molecule has 1 N–H and O–H groups in total. The van der Waals surface area contributed by atoms with Crippen LogP contribution < -0.4 is 5.32 Å². The standard InChI is InChI=1S/C16H32N2O/c1-19-14-7-3-6-12-18-13-8-11-17-16(15-18)9-4-2-5-10-16/h17H,2-15H2,1H3. The van der Waals surface area contributed by atoms with Crippen LogP contribution in [0.4, 0.5) is 0 Å². The molecule has 0 atom stereocenters. The number of rotatable bonds is 6. The molecule has 0 aromatic rings. The Balaban J connectivity index is 1.73. The topological polar surface area (TPSA) is 24.5 Å². The second-order valence-corrected chi connectivity index (χ2v) is 6.45. The van der Waals surface area contributed by atoms with E-state index in [2.05, 4.69) is 10.2 Å². The zero-order valence-electron chi connectivity index (χ0n) is 12.8. The van der Waals surface area contributed by atoms with Crippen LogP contribution in [0.3, 0.4) is 0 Å². The van der Waals surface area contributed by atoms with Crippen LogP contribution in [0.1, 0.15) is 57.8 Å². The second-order valence-electron chi connectivity index (χ2n) is 6.45. The van der Waals surface area contributed by atoms with Gasteiger partial charge in [0.2, 0.25) is 0 Å². The number of unbranched alkanes of at least 4 members (excludes halogenated alkanes) is 2. The average molecular weight is 268 g/mol. The van der Waals surface area contributed by atoms with Crippen LogP contribution in [-0.4, -0.2) is 50.3 Å². The molecule has 1 spiro atoms. The fourth-order valence-corrected chi connectivity index (χ4v) is 3.73. The van der Waals surface area contributed by atoms with Gasteiger partial charge in [0, 0.05) is 25.8 Å². The Morgan fingerprint density at radius 1 is 1.05 bits per heavy atom. The third kappa shape index (κ3) is 5.05. The molecule has 2 aliphatic rings. The van der Waals surface area contributed by atoms with Crippen molar-refractivity contribution in [3.8, 4) is 0 Å². The summed E-state index contributed by atoms with van der Waals surface area (Å²) in [5, 5.41) is 3.88. The fraction of sp³-hybridized carbons (Fsp3) is 1.00. The molecule has 0 amide bonds. The Morgan fingerprint density at radius 3 is 2.68 bits per heavy atom. The third-order valence-corrected chi connectivity index (χ3v) is 4.81. The van der Waals surface area contributed by atoms with Gasteiger partial charge in [-0.25, -0.2) is 0 Å². The highest BCUT2D eigenvalue weighted by Crippen LogP contribution is 2.30. The van der Waals surface area contributed by atoms with Gasteiger partial charge in [0.1, 0.15) is 0 Å². The monoisotopic (exact) mass is 268 g/mol. The van der Waals surface area contributed by atoms with Gasteiger partial charge in [0.15, 0.2) is 0 Å². The van der Waals surface area contributed by atoms with Crippen molar-refractivity contribution in [2.24, 2.45) is 0 Å². The summed E-state index contributed by atoms with van der Waals surface area (Å²) in [6, 6.07) is 0. The molecule has 1 saturated carbocycles. The molecule has 0 aromatic heterocycles. The van der Waals surface area contributed by atoms with Crippen LogP contribution in [0.2, 0.25) is 0 Å². The predicted octanol–water partition coefficient (Wildman–Crippen LogP) is 2.80. The zero-order valence-corrected chi connectivity index (χ0v) is 12.8. The largest absolute Gasteiger partial charge is 0.385 e. The van der Waals surface area contributed by atoms with Gasteiger partial charge >= 0.3 is 0 Å². The summed E-state index contributed by atoms with van der Waals surface area (Å²) in [4.78, 5) is 2.72. The third-order valence-electron chi connectivity index (χ3n) is 4.81. The zero-order chi connectivity index (χ0) is 13.4. The van der Waals surface area contributed by atoms with Gasteiger partial charge in [-0.15, -0.1) is 0 Å². The van der Waals surface area contributed by atoms with E-state index < -0.39 is 0 Å². The summed E-state index contributed by atoms with van der Waals surface area (Å²) >= 11 is 0. The van der Waals surface area contributed by atoms with Crippen molar-refractivity contribution in [2.45, 2.75) is 63.3 Å². The Labute approximate surface area is 119 Å². The van der Waals surface area contributed by atoms with E-state index in [9.17, 15) is 0 Å². The lowest BCUT2D eigenvalue weighted by Crippen LogP contribution is -2.52. The second kappa shape index (κ2) is 8.23. The minimum Gasteiger partial charge on any atom is -0.385 e. The smallest absolute Gasteiger partial charge is 0.0462 e. The molecule has 3 nitrogen and oxygen atoms in total. The van der Waals surface area contributed by atoms with Crippen LogP contribution in [0.5, 0.6) is 0 Å². The number of methoxy groups -OCH3 is 1. The van der Waals surface area contributed by atoms with Gasteiger partial charge in [-0.3, -0.25) is 0 Å². The minimum atomic E-state index is 0.460. The number of nitrogens with one attached hydrogen (secondary N) is 1. The van der Waals surface area contributed by atoms with E-state index in [1.165, 1.54) is 84.0 Å². The lowest BCUT2D eigenvalue weighted by atomic mass is 9.81. The summed E-state index contributed by atoms with van der Waals surface area (Å²) < 4.78 is 5.12. The molecule has 0 radical (unpaired) electrons. The SMILES string of the molecule is COCCCCCN1CCCNC2(CCCCC2)C1. The molecule has 19 heavy (non-hydrogen) atoms. The number of hydrogen-bond acceptors (Lipinski definition) is 3. The van der Waals surface area contributed by atoms with Crippen molar-refractivity contribution >= 4 is 0 Å². The van der Waals surface area contributed by atoms with E-state index in [0.717, 1.165) is 6.61 Å². The summed E-state index contributed by atoms with van der Waals surface area (Å²) in [6.45, 7) is 6.01. The van der Waals surface area contributed by atoms with Crippen molar-refractivity contribution in [3.63, 3.8) is 0 Å². The molecular formula is C16H32N2O. The highest BCUT2D eigenvalue weighted by atomic mass is 16.5. The molecule has 0 bridgehead atoms. The molecule has 3 heteroatoms. The Hall–Kier alpha value is -0.120. The quantitative estimate of drug-likeness (QED) is 0.750. The summed E-state index contributed by atoms with van der Waals surface area (Å²) in [7, 11) is 1.80. The lowest BCUT2D eigenvalue weighted by molar-refractivity contribution is 0.159. The molecule has 1 heterocycles. The van der Waals surface area contributed by atoms with Crippen molar-refractivity contribution < 1.29 is 4.74 Å². The van der Waals surface area contributed by atoms with Crippen LogP contribution in [0.25, 0.3) is 0 Å². The van der Waals surface area contributed by atoms with Gasteiger partial charge < -0.3 is 15.0 Å². The van der Waals surface area contributed by atoms with Gasteiger partial charge in [-0.1, -0.05) is 19.3 Å². The van der Waals surface area contributed by atoms with E-state index in [4.69, 9.17) is 4.74 Å². The first-order valence-corrected chi connectivity index (χ1v) is 8.31. The molecule has 1 aliphatic carbocycles. The summed E-state index contributed by atoms with van der Waals surface area (Å²) in [5.74, 6) is 0. The van der Waals surface area contributed by atoms with Gasteiger partial charge in [-0.05, 0) is 58.2 Å². The summed E-state index contributed by atoms with van der Waals surface area (Å²) in [6.07, 6.45) is 12.3. The van der Waals surface area contributed by atoms with Gasteiger partial charge in [0.05, 0.1) is 0 Å². The fourth-order valence-electron chi connectivity index (χ4n) is 3.73. The van der Waals surface area contributed by atoms with E-state index in [1.807, 2.05) is 0 Å². The van der Waals surface area contributed by atoms with Crippen molar-refractivity contribution in [1.82, 2.24) is 10.2 Å². The first-order valence-electron chi connectivity index (χ1n) is 8.31. The molecule has 112 valence electrons. The Kier molecular flexibility index (Phi) is 6.62.